The van der Waals surface area contributed by atoms with Crippen molar-refractivity contribution in [2.75, 3.05) is 17.3 Å². The zero-order valence-electron chi connectivity index (χ0n) is 19.8. The van der Waals surface area contributed by atoms with Gasteiger partial charge in [-0.05, 0) is 60.4 Å². The minimum Gasteiger partial charge on any atom is -0.497 e. The number of carbonyl (C=O) groups is 2. The van der Waals surface area contributed by atoms with Gasteiger partial charge in [-0.2, -0.15) is 0 Å². The summed E-state index contributed by atoms with van der Waals surface area (Å²) in [5.74, 6) is 0.957. The number of aryl methyl sites for hydroxylation is 1. The van der Waals surface area contributed by atoms with E-state index in [9.17, 15) is 9.59 Å². The molecule has 0 spiro atoms. The molecule has 3 aromatic carbocycles. The topological polar surface area (TPSA) is 58.6 Å². The quantitative estimate of drug-likeness (QED) is 0.456. The van der Waals surface area contributed by atoms with E-state index in [2.05, 4.69) is 29.6 Å². The van der Waals surface area contributed by atoms with E-state index in [0.29, 0.717) is 18.7 Å². The molecule has 0 heterocycles. The van der Waals surface area contributed by atoms with Gasteiger partial charge in [-0.25, -0.2) is 0 Å². The fourth-order valence-electron chi connectivity index (χ4n) is 3.56. The van der Waals surface area contributed by atoms with Crippen molar-refractivity contribution in [3.05, 3.63) is 89.5 Å². The normalized spacial score (nSPS) is 10.7. The largest absolute Gasteiger partial charge is 0.497 e. The summed E-state index contributed by atoms with van der Waals surface area (Å²) in [6, 6.07) is 23.1. The second-order valence-electron chi connectivity index (χ2n) is 8.69. The fraction of sp³-hybridized carbons (Fsp3) is 0.286. The molecule has 0 fully saturated rings. The monoisotopic (exact) mass is 444 g/mol. The molecule has 0 aliphatic heterocycles. The van der Waals surface area contributed by atoms with Gasteiger partial charge in [-0.1, -0.05) is 55.8 Å². The molecule has 0 unspecified atom stereocenters. The van der Waals surface area contributed by atoms with Gasteiger partial charge in [0.25, 0.3) is 0 Å². The molecule has 0 saturated carbocycles. The highest BCUT2D eigenvalue weighted by Crippen LogP contribution is 2.22. The van der Waals surface area contributed by atoms with Crippen molar-refractivity contribution in [3.63, 3.8) is 0 Å². The Morgan fingerprint density at radius 2 is 1.64 bits per heavy atom. The summed E-state index contributed by atoms with van der Waals surface area (Å²) in [5.41, 5.74) is 4.62. The summed E-state index contributed by atoms with van der Waals surface area (Å²) in [7, 11) is 1.61. The third-order valence-corrected chi connectivity index (χ3v) is 5.31. The highest BCUT2D eigenvalue weighted by molar-refractivity contribution is 5.94. The number of hydrogen-bond donors (Lipinski definition) is 1. The Hall–Kier alpha value is -3.60. The van der Waals surface area contributed by atoms with E-state index < -0.39 is 0 Å². The first kappa shape index (κ1) is 24.1. The fourth-order valence-corrected chi connectivity index (χ4v) is 3.56. The van der Waals surface area contributed by atoms with Crippen LogP contribution in [0, 0.1) is 12.8 Å². The second-order valence-corrected chi connectivity index (χ2v) is 8.69. The highest BCUT2D eigenvalue weighted by atomic mass is 16.5. The first-order valence-corrected chi connectivity index (χ1v) is 11.2. The van der Waals surface area contributed by atoms with Crippen LogP contribution in [-0.4, -0.2) is 18.9 Å². The van der Waals surface area contributed by atoms with Crippen molar-refractivity contribution in [2.45, 2.75) is 40.2 Å². The molecule has 1 N–H and O–H groups in total. The molecule has 0 aromatic heterocycles. The van der Waals surface area contributed by atoms with E-state index >= 15 is 0 Å². The molecular weight excluding hydrogens is 412 g/mol. The lowest BCUT2D eigenvalue weighted by molar-refractivity contribution is -0.119. The summed E-state index contributed by atoms with van der Waals surface area (Å²) in [6.45, 7) is 6.63. The maximum Gasteiger partial charge on any atom is 0.228 e. The lowest BCUT2D eigenvalue weighted by atomic mass is 10.1. The molecule has 0 aliphatic rings. The van der Waals surface area contributed by atoms with Crippen molar-refractivity contribution >= 4 is 23.2 Å². The number of nitrogens with one attached hydrogen (secondary N) is 1. The number of anilines is 2. The second kappa shape index (κ2) is 11.3. The maximum atomic E-state index is 13.1. The standard InChI is InChI=1S/C28H32N2O3/c1-20(2)16-28(32)30(19-22-10-8-21(3)9-11-22)25-7-5-6-23(17-25)18-27(31)29-24-12-14-26(33-4)15-13-24/h5-15,17,20H,16,18-19H2,1-4H3,(H,29,31). The Labute approximate surface area is 196 Å². The average Bonchev–Trinajstić information content (AvgIpc) is 2.78. The molecule has 0 atom stereocenters. The Morgan fingerprint density at radius 3 is 2.27 bits per heavy atom. The molecule has 5 heteroatoms. The Bertz CT molecular complexity index is 1070. The average molecular weight is 445 g/mol. The summed E-state index contributed by atoms with van der Waals surface area (Å²) in [4.78, 5) is 27.5. The van der Waals surface area contributed by atoms with E-state index in [1.807, 2.05) is 49.9 Å². The number of benzene rings is 3. The van der Waals surface area contributed by atoms with Crippen molar-refractivity contribution in [3.8, 4) is 5.75 Å². The van der Waals surface area contributed by atoms with Gasteiger partial charge in [0.15, 0.2) is 0 Å². The van der Waals surface area contributed by atoms with E-state index in [0.717, 1.165) is 22.6 Å². The molecule has 3 aromatic rings. The number of nitrogens with zero attached hydrogens (tertiary/aromatic N) is 1. The van der Waals surface area contributed by atoms with Crippen molar-refractivity contribution in [1.29, 1.82) is 0 Å². The summed E-state index contributed by atoms with van der Waals surface area (Å²) >= 11 is 0. The van der Waals surface area contributed by atoms with E-state index in [-0.39, 0.29) is 24.2 Å². The molecular formula is C28H32N2O3. The number of rotatable bonds is 9. The van der Waals surface area contributed by atoms with E-state index in [1.54, 1.807) is 31.4 Å². The van der Waals surface area contributed by atoms with Crippen LogP contribution in [0.3, 0.4) is 0 Å². The number of amides is 2. The molecule has 33 heavy (non-hydrogen) atoms. The first-order valence-electron chi connectivity index (χ1n) is 11.2. The predicted octanol–water partition coefficient (Wildman–Crippen LogP) is 5.76. The molecule has 0 saturated heterocycles. The molecule has 0 aliphatic carbocycles. The Balaban J connectivity index is 1.76. The smallest absolute Gasteiger partial charge is 0.228 e. The zero-order chi connectivity index (χ0) is 23.8. The van der Waals surface area contributed by atoms with Crippen LogP contribution in [0.2, 0.25) is 0 Å². The maximum absolute atomic E-state index is 13.1. The molecule has 0 bridgehead atoms. The van der Waals surface area contributed by atoms with E-state index in [1.165, 1.54) is 5.56 Å². The van der Waals surface area contributed by atoms with Gasteiger partial charge < -0.3 is 15.0 Å². The minimum atomic E-state index is -0.115. The van der Waals surface area contributed by atoms with Gasteiger partial charge in [0.2, 0.25) is 11.8 Å². The van der Waals surface area contributed by atoms with Crippen molar-refractivity contribution in [1.82, 2.24) is 0 Å². The number of ether oxygens (including phenoxy) is 1. The molecule has 5 nitrogen and oxygen atoms in total. The van der Waals surface area contributed by atoms with Crippen LogP contribution >= 0.6 is 0 Å². The van der Waals surface area contributed by atoms with Crippen LogP contribution < -0.4 is 15.0 Å². The molecule has 2 amide bonds. The van der Waals surface area contributed by atoms with Gasteiger partial charge >= 0.3 is 0 Å². The third-order valence-electron chi connectivity index (χ3n) is 5.31. The van der Waals surface area contributed by atoms with Gasteiger partial charge in [0.1, 0.15) is 5.75 Å². The summed E-state index contributed by atoms with van der Waals surface area (Å²) in [6.07, 6.45) is 0.685. The highest BCUT2D eigenvalue weighted by Gasteiger charge is 2.18. The number of methoxy groups -OCH3 is 1. The van der Waals surface area contributed by atoms with Crippen LogP contribution in [0.15, 0.2) is 72.8 Å². The summed E-state index contributed by atoms with van der Waals surface area (Å²) in [5, 5.41) is 2.91. The molecule has 172 valence electrons. The third kappa shape index (κ3) is 7.21. The Kier molecular flexibility index (Phi) is 8.25. The van der Waals surface area contributed by atoms with Crippen molar-refractivity contribution in [2.24, 2.45) is 5.92 Å². The molecule has 0 radical (unpaired) electrons. The number of carbonyl (C=O) groups excluding carboxylic acids is 2. The lowest BCUT2D eigenvalue weighted by Gasteiger charge is -2.25. The van der Waals surface area contributed by atoms with Gasteiger partial charge in [-0.15, -0.1) is 0 Å². The first-order chi connectivity index (χ1) is 15.8. The predicted molar refractivity (Wildman–Crippen MR) is 134 cm³/mol. The van der Waals surface area contributed by atoms with Gasteiger partial charge in [0, 0.05) is 17.8 Å². The van der Waals surface area contributed by atoms with Gasteiger partial charge in [0.05, 0.1) is 20.1 Å². The van der Waals surface area contributed by atoms with Crippen molar-refractivity contribution < 1.29 is 14.3 Å². The van der Waals surface area contributed by atoms with Crippen LogP contribution in [0.5, 0.6) is 5.75 Å². The molecule has 3 rings (SSSR count). The summed E-state index contributed by atoms with van der Waals surface area (Å²) < 4.78 is 5.15. The van der Waals surface area contributed by atoms with Crippen LogP contribution in [0.4, 0.5) is 11.4 Å². The minimum absolute atomic E-state index is 0.0745. The van der Waals surface area contributed by atoms with Crippen LogP contribution in [-0.2, 0) is 22.6 Å². The SMILES string of the molecule is COc1ccc(NC(=O)Cc2cccc(N(Cc3ccc(C)cc3)C(=O)CC(C)C)c2)cc1. The van der Waals surface area contributed by atoms with Crippen LogP contribution in [0.25, 0.3) is 0 Å². The van der Waals surface area contributed by atoms with E-state index in [4.69, 9.17) is 4.74 Å². The Morgan fingerprint density at radius 1 is 0.939 bits per heavy atom. The zero-order valence-corrected chi connectivity index (χ0v) is 19.8. The van der Waals surface area contributed by atoms with Gasteiger partial charge in [-0.3, -0.25) is 9.59 Å². The number of hydrogen-bond acceptors (Lipinski definition) is 3. The van der Waals surface area contributed by atoms with Crippen LogP contribution in [0.1, 0.15) is 37.0 Å². The lowest BCUT2D eigenvalue weighted by Crippen LogP contribution is -2.31.